The van der Waals surface area contributed by atoms with Gasteiger partial charge in [0.05, 0.1) is 0 Å². The molecule has 1 aliphatic carbocycles. The predicted molar refractivity (Wildman–Crippen MR) is 91.9 cm³/mol. The van der Waals surface area contributed by atoms with Crippen molar-refractivity contribution in [2.75, 3.05) is 10.6 Å². The highest BCUT2D eigenvalue weighted by atomic mass is 35.5. The molecule has 0 unspecified atom stereocenters. The number of aryl methyl sites for hydroxylation is 1. The highest BCUT2D eigenvalue weighted by molar-refractivity contribution is 6.31. The first-order valence-corrected chi connectivity index (χ1v) is 7.89. The number of hydrogen-bond acceptors (Lipinski definition) is 2. The first-order chi connectivity index (χ1) is 11.0. The van der Waals surface area contributed by atoms with Crippen LogP contribution in [0.2, 0.25) is 5.02 Å². The number of benzene rings is 2. The molecule has 5 heteroatoms. The maximum Gasteiger partial charge on any atom is 0.255 e. The Hall–Kier alpha value is -2.33. The molecule has 1 fully saturated rings. The first-order valence-electron chi connectivity index (χ1n) is 7.51. The minimum absolute atomic E-state index is 0.0212. The molecule has 0 atom stereocenters. The van der Waals surface area contributed by atoms with Crippen LogP contribution in [0.25, 0.3) is 0 Å². The summed E-state index contributed by atoms with van der Waals surface area (Å²) in [5, 5.41) is 6.25. The number of nitrogens with one attached hydrogen (secondary N) is 2. The molecule has 3 rings (SSSR count). The van der Waals surface area contributed by atoms with Crippen molar-refractivity contribution in [1.29, 1.82) is 0 Å². The molecular weight excluding hydrogens is 312 g/mol. The van der Waals surface area contributed by atoms with Gasteiger partial charge in [-0.05, 0) is 55.7 Å². The molecular formula is C18H17ClN2O2. The van der Waals surface area contributed by atoms with Crippen LogP contribution in [-0.4, -0.2) is 11.8 Å². The van der Waals surface area contributed by atoms with Crippen molar-refractivity contribution in [2.45, 2.75) is 19.8 Å². The van der Waals surface area contributed by atoms with Crippen LogP contribution in [-0.2, 0) is 4.79 Å². The molecule has 2 amide bonds. The van der Waals surface area contributed by atoms with Crippen molar-refractivity contribution in [3.05, 3.63) is 58.6 Å². The second-order valence-electron chi connectivity index (χ2n) is 5.76. The molecule has 0 saturated heterocycles. The number of carbonyl (C=O) groups excluding carboxylic acids is 2. The van der Waals surface area contributed by atoms with Gasteiger partial charge in [-0.2, -0.15) is 0 Å². The van der Waals surface area contributed by atoms with E-state index >= 15 is 0 Å². The van der Waals surface area contributed by atoms with E-state index in [9.17, 15) is 9.59 Å². The summed E-state index contributed by atoms with van der Waals surface area (Å²) in [7, 11) is 0. The third-order valence-electron chi connectivity index (χ3n) is 3.77. The van der Waals surface area contributed by atoms with Gasteiger partial charge in [0, 0.05) is 27.9 Å². The summed E-state index contributed by atoms with van der Waals surface area (Å²) in [4.78, 5) is 24.1. The molecule has 2 aromatic carbocycles. The van der Waals surface area contributed by atoms with Crippen molar-refractivity contribution >= 4 is 34.8 Å². The van der Waals surface area contributed by atoms with E-state index in [1.807, 2.05) is 13.0 Å². The Bertz CT molecular complexity index is 769. The third-order valence-corrected chi connectivity index (χ3v) is 4.18. The van der Waals surface area contributed by atoms with Crippen molar-refractivity contribution in [3.63, 3.8) is 0 Å². The standard InChI is InChI=1S/C18H17ClN2O2/c1-11-5-8-15(10-16(11)19)21-18(23)13-3-2-4-14(9-13)20-17(22)12-6-7-12/h2-5,8-10,12H,6-7H2,1H3,(H,20,22)(H,21,23). The van der Waals surface area contributed by atoms with Gasteiger partial charge in [-0.25, -0.2) is 0 Å². The van der Waals surface area contributed by atoms with Crippen molar-refractivity contribution < 1.29 is 9.59 Å². The van der Waals surface area contributed by atoms with Gasteiger partial charge in [0.1, 0.15) is 0 Å². The first kappa shape index (κ1) is 15.6. The van der Waals surface area contributed by atoms with E-state index in [2.05, 4.69) is 10.6 Å². The van der Waals surface area contributed by atoms with E-state index in [1.165, 1.54) is 0 Å². The van der Waals surface area contributed by atoms with E-state index in [4.69, 9.17) is 11.6 Å². The number of rotatable bonds is 4. The van der Waals surface area contributed by atoms with Gasteiger partial charge in [-0.3, -0.25) is 9.59 Å². The number of hydrogen-bond donors (Lipinski definition) is 2. The Labute approximate surface area is 139 Å². The summed E-state index contributed by atoms with van der Waals surface area (Å²) >= 11 is 6.06. The van der Waals surface area contributed by atoms with Gasteiger partial charge >= 0.3 is 0 Å². The fourth-order valence-corrected chi connectivity index (χ4v) is 2.38. The molecule has 0 radical (unpaired) electrons. The molecule has 0 heterocycles. The minimum Gasteiger partial charge on any atom is -0.326 e. The molecule has 2 aromatic rings. The van der Waals surface area contributed by atoms with Crippen LogP contribution >= 0.6 is 11.6 Å². The Morgan fingerprint density at radius 3 is 2.48 bits per heavy atom. The maximum absolute atomic E-state index is 12.3. The van der Waals surface area contributed by atoms with Crippen LogP contribution in [0.5, 0.6) is 0 Å². The van der Waals surface area contributed by atoms with Crippen LogP contribution in [0.3, 0.4) is 0 Å². The van der Waals surface area contributed by atoms with Gasteiger partial charge in [-0.15, -0.1) is 0 Å². The molecule has 0 bridgehead atoms. The van der Waals surface area contributed by atoms with Gasteiger partial charge in [0.25, 0.3) is 5.91 Å². The summed E-state index contributed by atoms with van der Waals surface area (Å²) in [5.41, 5.74) is 2.71. The zero-order chi connectivity index (χ0) is 16.4. The van der Waals surface area contributed by atoms with Crippen LogP contribution in [0.1, 0.15) is 28.8 Å². The topological polar surface area (TPSA) is 58.2 Å². The normalized spacial score (nSPS) is 13.5. The molecule has 0 aliphatic heterocycles. The molecule has 1 aliphatic rings. The molecule has 0 aromatic heterocycles. The minimum atomic E-state index is -0.243. The second kappa shape index (κ2) is 6.42. The number of amides is 2. The van der Waals surface area contributed by atoms with E-state index in [-0.39, 0.29) is 17.7 Å². The molecule has 4 nitrogen and oxygen atoms in total. The lowest BCUT2D eigenvalue weighted by atomic mass is 10.1. The number of anilines is 2. The highest BCUT2D eigenvalue weighted by Gasteiger charge is 2.29. The third kappa shape index (κ3) is 3.90. The fraction of sp³-hybridized carbons (Fsp3) is 0.222. The zero-order valence-electron chi connectivity index (χ0n) is 12.7. The largest absolute Gasteiger partial charge is 0.326 e. The monoisotopic (exact) mass is 328 g/mol. The molecule has 118 valence electrons. The van der Waals surface area contributed by atoms with E-state index in [1.54, 1.807) is 36.4 Å². The van der Waals surface area contributed by atoms with Gasteiger partial charge in [0.2, 0.25) is 5.91 Å². The average molecular weight is 329 g/mol. The lowest BCUT2D eigenvalue weighted by Gasteiger charge is -2.09. The summed E-state index contributed by atoms with van der Waals surface area (Å²) in [5.74, 6) is -0.0949. The van der Waals surface area contributed by atoms with Crippen molar-refractivity contribution in [2.24, 2.45) is 5.92 Å². The Morgan fingerprint density at radius 2 is 1.78 bits per heavy atom. The molecule has 1 saturated carbocycles. The summed E-state index contributed by atoms with van der Waals surface area (Å²) in [6.07, 6.45) is 1.89. The quantitative estimate of drug-likeness (QED) is 0.881. The number of carbonyl (C=O) groups is 2. The van der Waals surface area contributed by atoms with Crippen LogP contribution in [0, 0.1) is 12.8 Å². The Morgan fingerprint density at radius 1 is 1.04 bits per heavy atom. The van der Waals surface area contributed by atoms with Gasteiger partial charge in [0.15, 0.2) is 0 Å². The van der Waals surface area contributed by atoms with Crippen LogP contribution in [0.15, 0.2) is 42.5 Å². The molecule has 23 heavy (non-hydrogen) atoms. The summed E-state index contributed by atoms with van der Waals surface area (Å²) < 4.78 is 0. The zero-order valence-corrected chi connectivity index (χ0v) is 13.5. The van der Waals surface area contributed by atoms with Crippen molar-refractivity contribution in [3.8, 4) is 0 Å². The Kier molecular flexibility index (Phi) is 4.35. The molecule has 2 N–H and O–H groups in total. The number of halogens is 1. The fourth-order valence-electron chi connectivity index (χ4n) is 2.20. The predicted octanol–water partition coefficient (Wildman–Crippen LogP) is 4.25. The average Bonchev–Trinajstić information content (AvgIpc) is 3.36. The van der Waals surface area contributed by atoms with Gasteiger partial charge in [-0.1, -0.05) is 23.7 Å². The summed E-state index contributed by atoms with van der Waals surface area (Å²) in [6, 6.07) is 12.3. The highest BCUT2D eigenvalue weighted by Crippen LogP contribution is 2.30. The van der Waals surface area contributed by atoms with Crippen LogP contribution in [0.4, 0.5) is 11.4 Å². The second-order valence-corrected chi connectivity index (χ2v) is 6.17. The van der Waals surface area contributed by atoms with E-state index in [0.29, 0.717) is 22.0 Å². The van der Waals surface area contributed by atoms with E-state index in [0.717, 1.165) is 18.4 Å². The smallest absolute Gasteiger partial charge is 0.255 e. The van der Waals surface area contributed by atoms with Crippen molar-refractivity contribution in [1.82, 2.24) is 0 Å². The van der Waals surface area contributed by atoms with Crippen LogP contribution < -0.4 is 10.6 Å². The lowest BCUT2D eigenvalue weighted by molar-refractivity contribution is -0.117. The molecule has 0 spiro atoms. The SMILES string of the molecule is Cc1ccc(NC(=O)c2cccc(NC(=O)C3CC3)c2)cc1Cl. The summed E-state index contributed by atoms with van der Waals surface area (Å²) in [6.45, 7) is 1.90. The Balaban J connectivity index is 1.71. The lowest BCUT2D eigenvalue weighted by Crippen LogP contribution is -2.15. The maximum atomic E-state index is 12.3. The van der Waals surface area contributed by atoms with Gasteiger partial charge < -0.3 is 10.6 Å². The van der Waals surface area contributed by atoms with E-state index < -0.39 is 0 Å².